The number of aromatic hydroxyl groups is 1. The molecule has 3 rings (SSSR count). The summed E-state index contributed by atoms with van der Waals surface area (Å²) in [6, 6.07) is 8.15. The van der Waals surface area contributed by atoms with E-state index in [1.165, 1.54) is 30.3 Å². The second-order valence-corrected chi connectivity index (χ2v) is 7.18. The quantitative estimate of drug-likeness (QED) is 0.474. The SMILES string of the molecule is Cc1ccc(O)cc1S(=O)(=O)OCC1COc2cccc([N+](=O)[O-])c2O1. The lowest BCUT2D eigenvalue weighted by atomic mass is 10.2. The van der Waals surface area contributed by atoms with Gasteiger partial charge in [-0.1, -0.05) is 12.1 Å². The number of ether oxygens (including phenoxy) is 2. The van der Waals surface area contributed by atoms with Crippen LogP contribution in [0.2, 0.25) is 0 Å². The average molecular weight is 381 g/mol. The monoisotopic (exact) mass is 381 g/mol. The highest BCUT2D eigenvalue weighted by atomic mass is 32.2. The molecule has 138 valence electrons. The third-order valence-corrected chi connectivity index (χ3v) is 5.14. The molecule has 0 saturated carbocycles. The molecule has 0 fully saturated rings. The molecule has 10 heteroatoms. The van der Waals surface area contributed by atoms with Gasteiger partial charge in [-0.25, -0.2) is 0 Å². The summed E-state index contributed by atoms with van der Waals surface area (Å²) in [5.74, 6) is -0.0648. The van der Waals surface area contributed by atoms with E-state index in [0.717, 1.165) is 6.07 Å². The Kier molecular flexibility index (Phi) is 4.70. The Morgan fingerprint density at radius 1 is 1.35 bits per heavy atom. The van der Waals surface area contributed by atoms with Crippen molar-refractivity contribution in [3.63, 3.8) is 0 Å². The Labute approximate surface area is 149 Å². The van der Waals surface area contributed by atoms with E-state index in [2.05, 4.69) is 0 Å². The van der Waals surface area contributed by atoms with Gasteiger partial charge in [0, 0.05) is 12.1 Å². The van der Waals surface area contributed by atoms with Gasteiger partial charge in [-0.3, -0.25) is 14.3 Å². The van der Waals surface area contributed by atoms with Crippen molar-refractivity contribution in [3.8, 4) is 17.2 Å². The van der Waals surface area contributed by atoms with E-state index in [1.807, 2.05) is 0 Å². The molecular weight excluding hydrogens is 366 g/mol. The first-order chi connectivity index (χ1) is 12.3. The van der Waals surface area contributed by atoms with Crippen molar-refractivity contribution in [1.82, 2.24) is 0 Å². The Bertz CT molecular complexity index is 957. The van der Waals surface area contributed by atoms with Gasteiger partial charge in [0.1, 0.15) is 23.9 Å². The second-order valence-electron chi connectivity index (χ2n) is 5.60. The Balaban J connectivity index is 1.75. The predicted octanol–water partition coefficient (Wildman–Crippen LogP) is 2.15. The lowest BCUT2D eigenvalue weighted by Crippen LogP contribution is -2.34. The van der Waals surface area contributed by atoms with Gasteiger partial charge in [0.15, 0.2) is 11.9 Å². The fraction of sp³-hybridized carbons (Fsp3) is 0.250. The smallest absolute Gasteiger partial charge is 0.314 e. The van der Waals surface area contributed by atoms with E-state index in [9.17, 15) is 23.6 Å². The number of nitrogens with zero attached hydrogens (tertiary/aromatic N) is 1. The molecule has 2 aromatic carbocycles. The van der Waals surface area contributed by atoms with Crippen molar-refractivity contribution < 1.29 is 32.1 Å². The number of rotatable bonds is 5. The summed E-state index contributed by atoms with van der Waals surface area (Å²) in [4.78, 5) is 10.3. The molecular formula is C16H15NO8S. The van der Waals surface area contributed by atoms with Crippen LogP contribution in [-0.2, 0) is 14.3 Å². The largest absolute Gasteiger partial charge is 0.508 e. The summed E-state index contributed by atoms with van der Waals surface area (Å²) < 4.78 is 40.6. The lowest BCUT2D eigenvalue weighted by Gasteiger charge is -2.25. The van der Waals surface area contributed by atoms with Gasteiger partial charge in [0.05, 0.1) is 4.92 Å². The van der Waals surface area contributed by atoms with E-state index in [0.29, 0.717) is 5.56 Å². The molecule has 2 aromatic rings. The molecule has 1 aliphatic heterocycles. The maximum Gasteiger partial charge on any atom is 0.314 e. The number of hydrogen-bond acceptors (Lipinski definition) is 8. The number of benzene rings is 2. The van der Waals surface area contributed by atoms with Crippen molar-refractivity contribution in [2.24, 2.45) is 0 Å². The van der Waals surface area contributed by atoms with Crippen LogP contribution in [0.25, 0.3) is 0 Å². The van der Waals surface area contributed by atoms with Gasteiger partial charge in [-0.2, -0.15) is 8.42 Å². The zero-order valence-corrected chi connectivity index (χ0v) is 14.4. The maximum atomic E-state index is 12.3. The number of hydrogen-bond donors (Lipinski definition) is 1. The molecule has 0 aromatic heterocycles. The molecule has 0 bridgehead atoms. The zero-order valence-electron chi connectivity index (χ0n) is 13.6. The summed E-state index contributed by atoms with van der Waals surface area (Å²) in [5, 5.41) is 20.6. The second kappa shape index (κ2) is 6.81. The predicted molar refractivity (Wildman–Crippen MR) is 89.0 cm³/mol. The standard InChI is InChI=1S/C16H15NO8S/c1-10-5-6-11(18)7-15(10)26(21,22)24-9-12-8-23-14-4-2-3-13(17(19)20)16(14)25-12/h2-7,12,18H,8-9H2,1H3. The average Bonchev–Trinajstić information content (AvgIpc) is 2.61. The number of phenols is 1. The van der Waals surface area contributed by atoms with Crippen LogP contribution in [0, 0.1) is 17.0 Å². The molecule has 1 heterocycles. The third kappa shape index (κ3) is 3.55. The van der Waals surface area contributed by atoms with Crippen LogP contribution in [0.15, 0.2) is 41.3 Å². The first-order valence-corrected chi connectivity index (χ1v) is 8.94. The first kappa shape index (κ1) is 18.0. The lowest BCUT2D eigenvalue weighted by molar-refractivity contribution is -0.386. The van der Waals surface area contributed by atoms with Crippen LogP contribution in [-0.4, -0.2) is 37.8 Å². The molecule has 1 atom stereocenters. The topological polar surface area (TPSA) is 125 Å². The maximum absolute atomic E-state index is 12.3. The summed E-state index contributed by atoms with van der Waals surface area (Å²) in [6.45, 7) is 1.14. The number of aryl methyl sites for hydroxylation is 1. The zero-order chi connectivity index (χ0) is 18.9. The highest BCUT2D eigenvalue weighted by molar-refractivity contribution is 7.86. The van der Waals surface area contributed by atoms with Crippen LogP contribution in [0.1, 0.15) is 5.56 Å². The van der Waals surface area contributed by atoms with Crippen LogP contribution in [0.5, 0.6) is 17.2 Å². The van der Waals surface area contributed by atoms with E-state index in [1.54, 1.807) is 6.92 Å². The minimum absolute atomic E-state index is 0.0251. The summed E-state index contributed by atoms with van der Waals surface area (Å²) >= 11 is 0. The van der Waals surface area contributed by atoms with Crippen LogP contribution in [0.4, 0.5) is 5.69 Å². The van der Waals surface area contributed by atoms with Gasteiger partial charge < -0.3 is 14.6 Å². The number of para-hydroxylation sites is 1. The normalized spacial score (nSPS) is 16.3. The molecule has 0 saturated heterocycles. The Morgan fingerprint density at radius 3 is 2.85 bits per heavy atom. The minimum Gasteiger partial charge on any atom is -0.508 e. The number of phenolic OH excluding ortho intramolecular Hbond substituents is 1. The van der Waals surface area contributed by atoms with E-state index in [4.69, 9.17) is 13.7 Å². The van der Waals surface area contributed by atoms with Gasteiger partial charge in [-0.15, -0.1) is 0 Å². The fourth-order valence-corrected chi connectivity index (χ4v) is 3.62. The van der Waals surface area contributed by atoms with Crippen molar-refractivity contribution in [3.05, 3.63) is 52.1 Å². The van der Waals surface area contributed by atoms with Gasteiger partial charge in [-0.05, 0) is 24.6 Å². The van der Waals surface area contributed by atoms with Crippen molar-refractivity contribution >= 4 is 15.8 Å². The fourth-order valence-electron chi connectivity index (χ4n) is 2.43. The van der Waals surface area contributed by atoms with Gasteiger partial charge in [0.2, 0.25) is 5.75 Å². The number of nitro benzene ring substituents is 1. The molecule has 0 radical (unpaired) electrons. The summed E-state index contributed by atoms with van der Waals surface area (Å²) in [5.41, 5.74) is 0.128. The van der Waals surface area contributed by atoms with E-state index in [-0.39, 0.29) is 34.4 Å². The summed E-state index contributed by atoms with van der Waals surface area (Å²) in [6.07, 6.45) is -0.851. The molecule has 1 unspecified atom stereocenters. The molecule has 0 aliphatic carbocycles. The number of nitro groups is 1. The van der Waals surface area contributed by atoms with Crippen LogP contribution >= 0.6 is 0 Å². The third-order valence-electron chi connectivity index (χ3n) is 3.71. The van der Waals surface area contributed by atoms with Crippen molar-refractivity contribution in [2.45, 2.75) is 17.9 Å². The van der Waals surface area contributed by atoms with Crippen molar-refractivity contribution in [1.29, 1.82) is 0 Å². The van der Waals surface area contributed by atoms with E-state index >= 15 is 0 Å². The Hall–Kier alpha value is -2.85. The molecule has 9 nitrogen and oxygen atoms in total. The summed E-state index contributed by atoms with van der Waals surface area (Å²) in [7, 11) is -4.15. The molecule has 26 heavy (non-hydrogen) atoms. The van der Waals surface area contributed by atoms with Crippen LogP contribution in [0.3, 0.4) is 0 Å². The highest BCUT2D eigenvalue weighted by Gasteiger charge is 2.30. The number of fused-ring (bicyclic) bond motifs is 1. The first-order valence-electron chi connectivity index (χ1n) is 7.54. The molecule has 1 N–H and O–H groups in total. The minimum atomic E-state index is -4.15. The van der Waals surface area contributed by atoms with Crippen LogP contribution < -0.4 is 9.47 Å². The van der Waals surface area contributed by atoms with Gasteiger partial charge in [0.25, 0.3) is 10.1 Å². The van der Waals surface area contributed by atoms with Gasteiger partial charge >= 0.3 is 5.69 Å². The molecule has 0 spiro atoms. The highest BCUT2D eigenvalue weighted by Crippen LogP contribution is 2.39. The Morgan fingerprint density at radius 2 is 2.12 bits per heavy atom. The molecule has 0 amide bonds. The molecule has 1 aliphatic rings. The van der Waals surface area contributed by atoms with E-state index < -0.39 is 27.8 Å². The van der Waals surface area contributed by atoms with Crippen molar-refractivity contribution in [2.75, 3.05) is 13.2 Å².